The zero-order chi connectivity index (χ0) is 42.5. The average molecular weight is 749 g/mol. The van der Waals surface area contributed by atoms with Gasteiger partial charge in [0, 0.05) is 27.0 Å². The van der Waals surface area contributed by atoms with Crippen molar-refractivity contribution in [3.63, 3.8) is 0 Å². The maximum Gasteiger partial charge on any atom is 0.149 e. The normalized spacial score (nSPS) is 12.9. The van der Waals surface area contributed by atoms with Crippen molar-refractivity contribution in [2.75, 3.05) is 0 Å². The molecule has 0 unspecified atom stereocenters. The molecule has 0 atom stereocenters. The fraction of sp³-hybridized carbons (Fsp3) is 0.208. The molecule has 0 radical (unpaired) electrons. The number of pyridine rings is 1. The fourth-order valence-corrected chi connectivity index (χ4v) is 7.72. The predicted molar refractivity (Wildman–Crippen MR) is 239 cm³/mol. The first-order valence-corrected chi connectivity index (χ1v) is 19.8. The molecular weight excluding hydrogens is 695 g/mol. The molecular formula is C53H51N3O. The molecule has 0 fully saturated rings. The van der Waals surface area contributed by atoms with Gasteiger partial charge in [-0.15, -0.1) is 0 Å². The number of aromatic nitrogens is 3. The summed E-state index contributed by atoms with van der Waals surface area (Å²) in [4.78, 5) is 10.4. The second-order valence-electron chi connectivity index (χ2n) is 16.7. The van der Waals surface area contributed by atoms with E-state index in [0.29, 0.717) is 11.4 Å². The van der Waals surface area contributed by atoms with E-state index < -0.39 is 6.85 Å². The van der Waals surface area contributed by atoms with Crippen LogP contribution < -0.4 is 0 Å². The number of rotatable bonds is 8. The molecule has 4 heteroatoms. The van der Waals surface area contributed by atoms with Crippen molar-refractivity contribution in [2.45, 2.75) is 72.6 Å². The van der Waals surface area contributed by atoms with E-state index in [1.54, 1.807) is 12.1 Å². The number of aryl methyl sites for hydroxylation is 1. The van der Waals surface area contributed by atoms with Crippen LogP contribution in [0, 0.1) is 6.85 Å². The van der Waals surface area contributed by atoms with Gasteiger partial charge in [-0.1, -0.05) is 145 Å². The summed E-state index contributed by atoms with van der Waals surface area (Å²) in [5, 5.41) is 12.2. The number of fused-ring (bicyclic) bond motifs is 1. The van der Waals surface area contributed by atoms with E-state index in [0.717, 1.165) is 78.0 Å². The van der Waals surface area contributed by atoms with Crippen LogP contribution in [0.25, 0.3) is 72.7 Å². The lowest BCUT2D eigenvalue weighted by Gasteiger charge is -2.22. The molecule has 0 aliphatic heterocycles. The molecule has 0 amide bonds. The molecule has 8 aromatic rings. The number of phenolic OH excluding ortho intramolecular Hbond substituents is 1. The number of para-hydroxylation sites is 1. The van der Waals surface area contributed by atoms with Crippen LogP contribution in [0.15, 0.2) is 146 Å². The molecule has 4 nitrogen and oxygen atoms in total. The van der Waals surface area contributed by atoms with Crippen LogP contribution in [0.1, 0.15) is 86.7 Å². The first-order chi connectivity index (χ1) is 28.6. The van der Waals surface area contributed by atoms with Crippen LogP contribution in [0.2, 0.25) is 0 Å². The number of nitrogens with zero attached hydrogens (tertiary/aromatic N) is 3. The molecule has 0 spiro atoms. The molecule has 0 aliphatic rings. The fourth-order valence-electron chi connectivity index (χ4n) is 7.72. The van der Waals surface area contributed by atoms with Crippen molar-refractivity contribution in [2.24, 2.45) is 0 Å². The Hall–Kier alpha value is -6.26. The SMILES string of the molecule is [2H]C([2H])([2H])c1ccc(-n2c(-c3cc(C(C)C)cc(C(C)C)c3O)nc3c(-c4cc(-c5cc(-c6ccccc6)ccn5)cc(C(C)(C)C)c4)cccc32)c(-c2ccccc2)c1. The molecule has 6 aromatic carbocycles. The summed E-state index contributed by atoms with van der Waals surface area (Å²) in [5.41, 5.74) is 13.8. The van der Waals surface area contributed by atoms with Gasteiger partial charge in [-0.2, -0.15) is 0 Å². The van der Waals surface area contributed by atoms with Gasteiger partial charge in [0.2, 0.25) is 0 Å². The van der Waals surface area contributed by atoms with Crippen molar-refractivity contribution in [3.8, 4) is 67.5 Å². The smallest absolute Gasteiger partial charge is 0.149 e. The van der Waals surface area contributed by atoms with Gasteiger partial charge in [0.05, 0.1) is 28.0 Å². The van der Waals surface area contributed by atoms with Gasteiger partial charge in [-0.05, 0) is 112 Å². The highest BCUT2D eigenvalue weighted by molar-refractivity contribution is 5.98. The standard InChI is InChI=1S/C53H51N3O/c1-33(2)39-30-44(34(3)4)51(57)46(31-39)52-55-50-43(20-15-21-49(50)56(52)48-23-22-35(5)26-45(48)37-18-13-10-14-19-37)40-27-41(29-42(28-40)53(6,7)8)47-32-38(24-25-54-47)36-16-11-9-12-17-36/h9-34,57H,1-8H3/i5D3. The Morgan fingerprint density at radius 2 is 1.33 bits per heavy atom. The Balaban J connectivity index is 1.45. The lowest BCUT2D eigenvalue weighted by Crippen LogP contribution is -2.11. The lowest BCUT2D eigenvalue weighted by molar-refractivity contribution is 0.466. The van der Waals surface area contributed by atoms with Crippen molar-refractivity contribution in [1.29, 1.82) is 0 Å². The molecule has 2 aromatic heterocycles. The number of hydrogen-bond donors (Lipinski definition) is 1. The number of aromatic hydroxyl groups is 1. The van der Waals surface area contributed by atoms with Crippen molar-refractivity contribution in [1.82, 2.24) is 14.5 Å². The average Bonchev–Trinajstić information content (AvgIpc) is 3.62. The minimum atomic E-state index is -2.31. The highest BCUT2D eigenvalue weighted by Crippen LogP contribution is 2.44. The van der Waals surface area contributed by atoms with Gasteiger partial charge < -0.3 is 5.11 Å². The second kappa shape index (κ2) is 15.0. The van der Waals surface area contributed by atoms with Crippen molar-refractivity contribution < 1.29 is 9.22 Å². The minimum Gasteiger partial charge on any atom is -0.507 e. The Bertz CT molecular complexity index is 2850. The summed E-state index contributed by atoms with van der Waals surface area (Å²) in [6, 6.07) is 46.9. The summed E-state index contributed by atoms with van der Waals surface area (Å²) < 4.78 is 27.1. The van der Waals surface area contributed by atoms with Gasteiger partial charge >= 0.3 is 0 Å². The van der Waals surface area contributed by atoms with E-state index in [9.17, 15) is 5.11 Å². The van der Waals surface area contributed by atoms with Crippen molar-refractivity contribution in [3.05, 3.63) is 168 Å². The molecule has 2 heterocycles. The van der Waals surface area contributed by atoms with Crippen LogP contribution in [-0.2, 0) is 5.41 Å². The largest absolute Gasteiger partial charge is 0.507 e. The third-order valence-corrected chi connectivity index (χ3v) is 11.0. The zero-order valence-corrected chi connectivity index (χ0v) is 33.8. The highest BCUT2D eigenvalue weighted by atomic mass is 16.3. The van der Waals surface area contributed by atoms with Crippen LogP contribution in [0.3, 0.4) is 0 Å². The first-order valence-electron chi connectivity index (χ1n) is 21.3. The van der Waals surface area contributed by atoms with Crippen LogP contribution in [-0.4, -0.2) is 19.6 Å². The molecule has 0 saturated carbocycles. The predicted octanol–water partition coefficient (Wildman–Crippen LogP) is 14.3. The van der Waals surface area contributed by atoms with Crippen molar-refractivity contribution >= 4 is 11.0 Å². The molecule has 0 aliphatic carbocycles. The van der Waals surface area contributed by atoms with E-state index in [4.69, 9.17) is 14.1 Å². The van der Waals surface area contributed by atoms with E-state index >= 15 is 0 Å². The summed E-state index contributed by atoms with van der Waals surface area (Å²) in [7, 11) is 0. The monoisotopic (exact) mass is 748 g/mol. The van der Waals surface area contributed by atoms with Gasteiger partial charge in [0.25, 0.3) is 0 Å². The van der Waals surface area contributed by atoms with Crippen LogP contribution in [0.5, 0.6) is 5.75 Å². The minimum absolute atomic E-state index is 0.0573. The number of benzene rings is 6. The van der Waals surface area contributed by atoms with Gasteiger partial charge in [-0.25, -0.2) is 4.98 Å². The lowest BCUT2D eigenvalue weighted by atomic mass is 9.83. The maximum atomic E-state index is 12.2. The molecule has 0 saturated heterocycles. The first kappa shape index (κ1) is 34.0. The summed E-state index contributed by atoms with van der Waals surface area (Å²) >= 11 is 0. The molecule has 1 N–H and O–H groups in total. The molecule has 57 heavy (non-hydrogen) atoms. The Labute approximate surface area is 341 Å². The Morgan fingerprint density at radius 3 is 2.02 bits per heavy atom. The van der Waals surface area contributed by atoms with Gasteiger partial charge in [0.1, 0.15) is 11.6 Å². The second-order valence-corrected chi connectivity index (χ2v) is 16.7. The number of imidazole rings is 1. The Kier molecular flexibility index (Phi) is 8.96. The quantitative estimate of drug-likeness (QED) is 0.168. The summed E-state index contributed by atoms with van der Waals surface area (Å²) in [6.07, 6.45) is 1.88. The van der Waals surface area contributed by atoms with E-state index in [2.05, 4.69) is 132 Å². The van der Waals surface area contributed by atoms with Gasteiger partial charge in [0.15, 0.2) is 0 Å². The Morgan fingerprint density at radius 1 is 0.614 bits per heavy atom. The number of hydrogen-bond acceptors (Lipinski definition) is 3. The van der Waals surface area contributed by atoms with E-state index in [-0.39, 0.29) is 28.6 Å². The van der Waals surface area contributed by atoms with E-state index in [1.165, 1.54) is 0 Å². The maximum absolute atomic E-state index is 12.2. The van der Waals surface area contributed by atoms with Gasteiger partial charge in [-0.3, -0.25) is 9.55 Å². The van der Waals surface area contributed by atoms with Crippen LogP contribution >= 0.6 is 0 Å². The zero-order valence-electron chi connectivity index (χ0n) is 36.8. The summed E-state index contributed by atoms with van der Waals surface area (Å²) in [6.45, 7) is 12.9. The third-order valence-electron chi connectivity index (χ3n) is 11.0. The summed E-state index contributed by atoms with van der Waals surface area (Å²) in [5.74, 6) is 1.01. The van der Waals surface area contributed by atoms with Crippen LogP contribution in [0.4, 0.5) is 0 Å². The molecule has 8 rings (SSSR count). The topological polar surface area (TPSA) is 50.9 Å². The third kappa shape index (κ3) is 7.29. The van der Waals surface area contributed by atoms with E-state index in [1.807, 2.05) is 54.7 Å². The number of phenols is 1. The molecule has 0 bridgehead atoms. The highest BCUT2D eigenvalue weighted by Gasteiger charge is 2.26. The molecule has 284 valence electrons.